The van der Waals surface area contributed by atoms with Crippen molar-refractivity contribution in [2.24, 2.45) is 5.92 Å². The first-order valence-electron chi connectivity index (χ1n) is 11.7. The number of rotatable bonds is 4. The molecule has 3 aromatic rings. The van der Waals surface area contributed by atoms with Gasteiger partial charge in [0.2, 0.25) is 10.0 Å². The second-order valence-corrected chi connectivity index (χ2v) is 11.1. The number of carbonyl (C=O) groups excluding carboxylic acids is 1. The van der Waals surface area contributed by atoms with Crippen LogP contribution >= 0.6 is 0 Å². The number of pyridine rings is 1. The van der Waals surface area contributed by atoms with Crippen molar-refractivity contribution in [3.63, 3.8) is 0 Å². The van der Waals surface area contributed by atoms with E-state index in [4.69, 9.17) is 0 Å². The monoisotopic (exact) mass is 463 g/mol. The molecule has 0 spiro atoms. The van der Waals surface area contributed by atoms with Gasteiger partial charge in [0.15, 0.2) is 0 Å². The van der Waals surface area contributed by atoms with E-state index in [2.05, 4.69) is 23.2 Å². The summed E-state index contributed by atoms with van der Waals surface area (Å²) in [6.07, 6.45) is 6.33. The van der Waals surface area contributed by atoms with Gasteiger partial charge in [-0.25, -0.2) is 8.42 Å². The summed E-state index contributed by atoms with van der Waals surface area (Å²) < 4.78 is 26.5. The minimum Gasteiger partial charge on any atom is -0.338 e. The molecule has 2 saturated heterocycles. The second kappa shape index (κ2) is 9.14. The Morgan fingerprint density at radius 1 is 1.00 bits per heavy atom. The molecule has 172 valence electrons. The molecule has 3 heterocycles. The third-order valence-corrected chi connectivity index (χ3v) is 8.65. The van der Waals surface area contributed by atoms with Crippen LogP contribution in [0.15, 0.2) is 60.8 Å². The number of sulfonamides is 1. The average molecular weight is 464 g/mol. The van der Waals surface area contributed by atoms with Crippen LogP contribution in [0.1, 0.15) is 41.6 Å². The molecule has 0 bridgehead atoms. The molecule has 33 heavy (non-hydrogen) atoms. The Morgan fingerprint density at radius 2 is 1.88 bits per heavy atom. The predicted molar refractivity (Wildman–Crippen MR) is 131 cm³/mol. The summed E-state index contributed by atoms with van der Waals surface area (Å²) in [5.41, 5.74) is 3.43. The van der Waals surface area contributed by atoms with E-state index < -0.39 is 10.0 Å². The molecular weight excluding hydrogens is 434 g/mol. The van der Waals surface area contributed by atoms with Gasteiger partial charge in [0.1, 0.15) is 0 Å². The van der Waals surface area contributed by atoms with E-state index in [-0.39, 0.29) is 11.7 Å². The summed E-state index contributed by atoms with van der Waals surface area (Å²) in [6, 6.07) is 17.4. The molecule has 0 saturated carbocycles. The van der Waals surface area contributed by atoms with E-state index in [0.717, 1.165) is 37.7 Å². The van der Waals surface area contributed by atoms with Crippen LogP contribution in [0.4, 0.5) is 5.69 Å². The minimum atomic E-state index is -3.30. The normalized spacial score (nSPS) is 20.7. The van der Waals surface area contributed by atoms with Crippen molar-refractivity contribution in [1.82, 2.24) is 9.88 Å². The molecular formula is C26H29N3O3S. The van der Waals surface area contributed by atoms with Crippen molar-refractivity contribution >= 4 is 32.5 Å². The maximum Gasteiger partial charge on any atom is 0.253 e. The predicted octanol–water partition coefficient (Wildman–Crippen LogP) is 4.26. The quantitative estimate of drug-likeness (QED) is 0.580. The first kappa shape index (κ1) is 21.9. The standard InChI is InChI=1S/C26H29N3O3S/c30-26(22-9-3-10-23(18-22)29-15-1-2-16-33(29,31)32)28-14-6-7-20(19-28)17-21-8-4-12-25-24(21)11-5-13-27-25/h3-5,8-13,18,20H,1-2,6-7,14-17,19H2. The SMILES string of the molecule is O=C(c1cccc(N2CCCCS2(=O)=O)c1)N1CCCC(Cc2cccc3ncccc23)C1. The van der Waals surface area contributed by atoms with Crippen molar-refractivity contribution in [1.29, 1.82) is 0 Å². The zero-order chi connectivity index (χ0) is 22.8. The van der Waals surface area contributed by atoms with Crippen LogP contribution in [0.5, 0.6) is 0 Å². The molecule has 0 aliphatic carbocycles. The summed E-state index contributed by atoms with van der Waals surface area (Å²) in [5, 5.41) is 1.18. The molecule has 1 amide bonds. The molecule has 2 fully saturated rings. The molecule has 2 aliphatic rings. The van der Waals surface area contributed by atoms with Gasteiger partial charge in [0.25, 0.3) is 5.91 Å². The van der Waals surface area contributed by atoms with Crippen LogP contribution in [0, 0.1) is 5.92 Å². The molecule has 1 atom stereocenters. The van der Waals surface area contributed by atoms with Crippen molar-refractivity contribution in [2.75, 3.05) is 29.7 Å². The van der Waals surface area contributed by atoms with Crippen molar-refractivity contribution in [3.8, 4) is 0 Å². The first-order chi connectivity index (χ1) is 16.0. The van der Waals surface area contributed by atoms with E-state index in [9.17, 15) is 13.2 Å². The summed E-state index contributed by atoms with van der Waals surface area (Å²) in [6.45, 7) is 1.92. The zero-order valence-electron chi connectivity index (χ0n) is 18.7. The number of benzene rings is 2. The number of hydrogen-bond acceptors (Lipinski definition) is 4. The molecule has 2 aromatic carbocycles. The van der Waals surface area contributed by atoms with E-state index in [1.807, 2.05) is 23.2 Å². The summed E-state index contributed by atoms with van der Waals surface area (Å²) in [5.74, 6) is 0.539. The Bertz CT molecular complexity index is 1270. The van der Waals surface area contributed by atoms with E-state index in [1.54, 1.807) is 24.3 Å². The molecule has 6 nitrogen and oxygen atoms in total. The van der Waals surface area contributed by atoms with Gasteiger partial charge in [0, 0.05) is 36.8 Å². The fraction of sp³-hybridized carbons (Fsp3) is 0.385. The highest BCUT2D eigenvalue weighted by Crippen LogP contribution is 2.28. The molecule has 1 aromatic heterocycles. The number of aromatic nitrogens is 1. The van der Waals surface area contributed by atoms with Crippen molar-refractivity contribution < 1.29 is 13.2 Å². The van der Waals surface area contributed by atoms with Crippen LogP contribution < -0.4 is 4.31 Å². The summed E-state index contributed by atoms with van der Waals surface area (Å²) in [4.78, 5) is 19.7. The van der Waals surface area contributed by atoms with Gasteiger partial charge in [-0.3, -0.25) is 14.1 Å². The lowest BCUT2D eigenvalue weighted by Crippen LogP contribution is -2.41. The molecule has 1 unspecified atom stereocenters. The number of nitrogens with zero attached hydrogens (tertiary/aromatic N) is 3. The van der Waals surface area contributed by atoms with Gasteiger partial charge < -0.3 is 4.90 Å². The summed E-state index contributed by atoms with van der Waals surface area (Å²) >= 11 is 0. The molecule has 0 radical (unpaired) electrons. The van der Waals surface area contributed by atoms with Gasteiger partial charge in [-0.15, -0.1) is 0 Å². The van der Waals surface area contributed by atoms with Gasteiger partial charge in [-0.1, -0.05) is 24.3 Å². The highest BCUT2D eigenvalue weighted by atomic mass is 32.2. The van der Waals surface area contributed by atoms with Crippen LogP contribution in [-0.4, -0.2) is 49.6 Å². The largest absolute Gasteiger partial charge is 0.338 e. The summed E-state index contributed by atoms with van der Waals surface area (Å²) in [7, 11) is -3.30. The fourth-order valence-electron chi connectivity index (χ4n) is 5.13. The Morgan fingerprint density at radius 3 is 2.76 bits per heavy atom. The lowest BCUT2D eigenvalue weighted by molar-refractivity contribution is 0.0673. The number of piperidine rings is 1. The zero-order valence-corrected chi connectivity index (χ0v) is 19.5. The number of likely N-dealkylation sites (tertiary alicyclic amines) is 1. The molecule has 2 aliphatic heterocycles. The Labute approximate surface area is 195 Å². The Balaban J connectivity index is 1.32. The van der Waals surface area contributed by atoms with Crippen LogP contribution in [0.3, 0.4) is 0 Å². The van der Waals surface area contributed by atoms with Crippen LogP contribution in [0.2, 0.25) is 0 Å². The van der Waals surface area contributed by atoms with E-state index in [0.29, 0.717) is 36.7 Å². The van der Waals surface area contributed by atoms with Crippen LogP contribution in [-0.2, 0) is 16.4 Å². The molecule has 7 heteroatoms. The van der Waals surface area contributed by atoms with Gasteiger partial charge in [-0.05, 0) is 73.9 Å². The fourth-order valence-corrected chi connectivity index (χ4v) is 6.76. The van der Waals surface area contributed by atoms with Gasteiger partial charge in [0.05, 0.1) is 17.0 Å². The van der Waals surface area contributed by atoms with Gasteiger partial charge in [-0.2, -0.15) is 0 Å². The third-order valence-electron chi connectivity index (χ3n) is 6.78. The second-order valence-electron chi connectivity index (χ2n) is 9.10. The molecule has 5 rings (SSSR count). The maximum absolute atomic E-state index is 13.4. The molecule has 0 N–H and O–H groups in total. The van der Waals surface area contributed by atoms with E-state index in [1.165, 1.54) is 15.3 Å². The van der Waals surface area contributed by atoms with Crippen molar-refractivity contribution in [2.45, 2.75) is 32.1 Å². The van der Waals surface area contributed by atoms with Crippen molar-refractivity contribution in [3.05, 3.63) is 71.9 Å². The average Bonchev–Trinajstić information content (AvgIpc) is 2.84. The highest BCUT2D eigenvalue weighted by Gasteiger charge is 2.28. The Kier molecular flexibility index (Phi) is 6.06. The van der Waals surface area contributed by atoms with E-state index >= 15 is 0 Å². The first-order valence-corrected chi connectivity index (χ1v) is 13.3. The van der Waals surface area contributed by atoms with Gasteiger partial charge >= 0.3 is 0 Å². The number of anilines is 1. The Hall–Kier alpha value is -2.93. The van der Waals surface area contributed by atoms with Crippen LogP contribution in [0.25, 0.3) is 10.9 Å². The number of carbonyl (C=O) groups is 1. The number of hydrogen-bond donors (Lipinski definition) is 0. The topological polar surface area (TPSA) is 70.6 Å². The lowest BCUT2D eigenvalue weighted by Gasteiger charge is -2.33. The third kappa shape index (κ3) is 4.60. The number of amides is 1. The lowest BCUT2D eigenvalue weighted by atomic mass is 9.89. The number of fused-ring (bicyclic) bond motifs is 1. The minimum absolute atomic E-state index is 0.0180. The smallest absolute Gasteiger partial charge is 0.253 e. The maximum atomic E-state index is 13.4. The highest BCUT2D eigenvalue weighted by molar-refractivity contribution is 7.92.